The van der Waals surface area contributed by atoms with E-state index in [4.69, 9.17) is 39.1 Å². The van der Waals surface area contributed by atoms with Gasteiger partial charge in [-0.25, -0.2) is 9.37 Å². The maximum atomic E-state index is 14.6. The van der Waals surface area contributed by atoms with Crippen molar-refractivity contribution in [1.29, 1.82) is 10.7 Å². The number of nitrogen functional groups attached to an aromatic ring is 1. The number of aromatic nitrogens is 2. The molecule has 0 saturated carbocycles. The van der Waals surface area contributed by atoms with E-state index in [1.807, 2.05) is 4.90 Å². The van der Waals surface area contributed by atoms with Crippen LogP contribution in [0, 0.1) is 22.6 Å². The summed E-state index contributed by atoms with van der Waals surface area (Å²) in [5.41, 5.74) is 7.42. The summed E-state index contributed by atoms with van der Waals surface area (Å²) in [6.07, 6.45) is 4.35. The van der Waals surface area contributed by atoms with Crippen molar-refractivity contribution in [3.8, 4) is 11.8 Å². The van der Waals surface area contributed by atoms with Gasteiger partial charge >= 0.3 is 0 Å². The van der Waals surface area contributed by atoms with Crippen LogP contribution in [-0.4, -0.2) is 40.3 Å². The van der Waals surface area contributed by atoms with Crippen LogP contribution in [0.25, 0.3) is 0 Å². The third kappa shape index (κ3) is 5.62. The summed E-state index contributed by atoms with van der Waals surface area (Å²) in [4.78, 5) is 10.4. The quantitative estimate of drug-likeness (QED) is 0.272. The van der Waals surface area contributed by atoms with E-state index in [2.05, 4.69) is 42.1 Å². The van der Waals surface area contributed by atoms with Crippen LogP contribution in [0.15, 0.2) is 36.8 Å². The van der Waals surface area contributed by atoms with Crippen molar-refractivity contribution in [2.75, 3.05) is 23.7 Å². The average molecular weight is 542 g/mol. The number of hydrogen-bond donors (Lipinski definition) is 3. The molecule has 0 spiro atoms. The van der Waals surface area contributed by atoms with Crippen LogP contribution in [0.1, 0.15) is 43.0 Å². The van der Waals surface area contributed by atoms with Gasteiger partial charge in [0.2, 0.25) is 0 Å². The Bertz CT molecular complexity index is 1380. The van der Waals surface area contributed by atoms with Gasteiger partial charge in [-0.05, 0) is 19.1 Å². The molecular formula is C26H26Cl2FN7O. The summed E-state index contributed by atoms with van der Waals surface area (Å²) >= 11 is 12.2. The average Bonchev–Trinajstić information content (AvgIpc) is 2.82. The molecule has 192 valence electrons. The molecule has 0 radical (unpaired) electrons. The number of anilines is 2. The Balaban J connectivity index is 1.56. The van der Waals surface area contributed by atoms with Crippen LogP contribution >= 0.6 is 23.2 Å². The molecule has 0 atom stereocenters. The number of nitriles is 1. The molecule has 11 heteroatoms. The predicted octanol–water partition coefficient (Wildman–Crippen LogP) is 4.95. The smallest absolute Gasteiger partial charge is 0.167 e. The highest BCUT2D eigenvalue weighted by Crippen LogP contribution is 2.32. The van der Waals surface area contributed by atoms with Crippen molar-refractivity contribution in [3.63, 3.8) is 0 Å². The van der Waals surface area contributed by atoms with E-state index in [-0.39, 0.29) is 44.9 Å². The van der Waals surface area contributed by atoms with Gasteiger partial charge in [0.15, 0.2) is 11.6 Å². The first-order chi connectivity index (χ1) is 17.5. The summed E-state index contributed by atoms with van der Waals surface area (Å²) in [6, 6.07) is 6.54. The number of halogens is 3. The summed E-state index contributed by atoms with van der Waals surface area (Å²) in [5.74, 6) is -0.262. The first-order valence-electron chi connectivity index (χ1n) is 11.5. The van der Waals surface area contributed by atoms with Crippen LogP contribution in [-0.2, 0) is 6.61 Å². The minimum Gasteiger partial charge on any atom is -0.486 e. The topological polar surface area (TPSA) is 124 Å². The molecule has 1 aliphatic heterocycles. The minimum atomic E-state index is -0.697. The fourth-order valence-corrected chi connectivity index (χ4v) is 4.91. The number of nitrogens with two attached hydrogens (primary N) is 1. The van der Waals surface area contributed by atoms with Gasteiger partial charge in [-0.2, -0.15) is 5.26 Å². The minimum absolute atomic E-state index is 0.0206. The normalized spacial score (nSPS) is 14.3. The number of nitrogens with one attached hydrogen (secondary N) is 2. The molecule has 0 aliphatic carbocycles. The Kier molecular flexibility index (Phi) is 7.55. The molecule has 1 fully saturated rings. The monoisotopic (exact) mass is 541 g/mol. The third-order valence-electron chi connectivity index (χ3n) is 5.99. The number of rotatable bonds is 8. The predicted molar refractivity (Wildman–Crippen MR) is 143 cm³/mol. The van der Waals surface area contributed by atoms with Crippen LogP contribution in [0.2, 0.25) is 10.0 Å². The molecule has 0 unspecified atom stereocenters. The van der Waals surface area contributed by atoms with Gasteiger partial charge in [0, 0.05) is 66.2 Å². The lowest BCUT2D eigenvalue weighted by molar-refractivity contribution is 0.260. The molecule has 4 rings (SSSR count). The summed E-state index contributed by atoms with van der Waals surface area (Å²) < 4.78 is 20.3. The Morgan fingerprint density at radius 2 is 1.95 bits per heavy atom. The zero-order valence-electron chi connectivity index (χ0n) is 20.6. The lowest BCUT2D eigenvalue weighted by atomic mass is 9.90. The van der Waals surface area contributed by atoms with Gasteiger partial charge in [0.1, 0.15) is 18.5 Å². The molecule has 1 aliphatic rings. The Morgan fingerprint density at radius 1 is 1.27 bits per heavy atom. The highest BCUT2D eigenvalue weighted by Gasteiger charge is 2.40. The van der Waals surface area contributed by atoms with Gasteiger partial charge in [0.05, 0.1) is 26.9 Å². The molecule has 3 heterocycles. The van der Waals surface area contributed by atoms with Crippen molar-refractivity contribution >= 4 is 40.4 Å². The van der Waals surface area contributed by atoms with Gasteiger partial charge < -0.3 is 20.7 Å². The van der Waals surface area contributed by atoms with Crippen LogP contribution in [0.3, 0.4) is 0 Å². The van der Waals surface area contributed by atoms with Gasteiger partial charge in [-0.1, -0.05) is 37.0 Å². The second-order valence-corrected chi connectivity index (χ2v) is 10.4. The zero-order chi connectivity index (χ0) is 26.9. The van der Waals surface area contributed by atoms with E-state index in [1.165, 1.54) is 24.7 Å². The molecule has 3 aromatic rings. The molecule has 2 aromatic heterocycles. The van der Waals surface area contributed by atoms with E-state index in [9.17, 15) is 9.65 Å². The fourth-order valence-electron chi connectivity index (χ4n) is 4.44. The molecule has 1 saturated heterocycles. The molecule has 4 N–H and O–H groups in total. The van der Waals surface area contributed by atoms with Crippen molar-refractivity contribution in [2.24, 2.45) is 0 Å². The number of benzene rings is 1. The maximum Gasteiger partial charge on any atom is 0.167 e. The van der Waals surface area contributed by atoms with E-state index in [0.29, 0.717) is 41.6 Å². The largest absolute Gasteiger partial charge is 0.486 e. The second kappa shape index (κ2) is 10.5. The molecule has 1 aromatic carbocycles. The molecule has 0 amide bonds. The van der Waals surface area contributed by atoms with Crippen molar-refractivity contribution in [3.05, 3.63) is 74.9 Å². The third-order valence-corrected chi connectivity index (χ3v) is 6.64. The first kappa shape index (κ1) is 26.6. The van der Waals surface area contributed by atoms with E-state index in [0.717, 1.165) is 6.07 Å². The molecule has 0 bridgehead atoms. The van der Waals surface area contributed by atoms with Crippen LogP contribution < -0.4 is 20.7 Å². The lowest BCUT2D eigenvalue weighted by Gasteiger charge is -2.50. The Labute approximate surface area is 224 Å². The van der Waals surface area contributed by atoms with Crippen molar-refractivity contribution < 1.29 is 9.13 Å². The maximum absolute atomic E-state index is 14.6. The zero-order valence-corrected chi connectivity index (χ0v) is 22.1. The number of ether oxygens (including phenoxy) is 1. The van der Waals surface area contributed by atoms with Gasteiger partial charge in [-0.15, -0.1) is 0 Å². The number of hydrogen-bond acceptors (Lipinski definition) is 8. The van der Waals surface area contributed by atoms with Crippen LogP contribution in [0.5, 0.6) is 5.75 Å². The molecular weight excluding hydrogens is 516 g/mol. The fraction of sp³-hybridized carbons (Fsp3) is 0.308. The highest BCUT2D eigenvalue weighted by atomic mass is 35.5. The number of nitrogens with zero attached hydrogens (tertiary/aromatic N) is 4. The van der Waals surface area contributed by atoms with Crippen LogP contribution in [0.4, 0.5) is 15.9 Å². The highest BCUT2D eigenvalue weighted by molar-refractivity contribution is 6.35. The van der Waals surface area contributed by atoms with E-state index < -0.39 is 5.82 Å². The first-order valence-corrected chi connectivity index (χ1v) is 12.3. The SMILES string of the molecule is CC(C)NC1(C)CN(c2ncc(C(=N)c3cc(OCc4c(Cl)cncc4Cl)c(F)cc3N)cc2C#N)C1. The second-order valence-electron chi connectivity index (χ2n) is 9.54. The van der Waals surface area contributed by atoms with Gasteiger partial charge in [-0.3, -0.25) is 10.4 Å². The molecule has 8 nitrogen and oxygen atoms in total. The van der Waals surface area contributed by atoms with Crippen molar-refractivity contribution in [2.45, 2.75) is 39.0 Å². The van der Waals surface area contributed by atoms with Crippen molar-refractivity contribution in [1.82, 2.24) is 15.3 Å². The van der Waals surface area contributed by atoms with E-state index in [1.54, 1.807) is 6.07 Å². The summed E-state index contributed by atoms with van der Waals surface area (Å²) in [5, 5.41) is 22.6. The van der Waals surface area contributed by atoms with E-state index >= 15 is 0 Å². The number of pyridine rings is 2. The van der Waals surface area contributed by atoms with Gasteiger partial charge in [0.25, 0.3) is 0 Å². The summed E-state index contributed by atoms with van der Waals surface area (Å²) in [6.45, 7) is 7.63. The standard InChI is InChI=1S/C26H26Cl2FN7O/c1-14(2)35-26(3)12-36(13-26)25-15(7-30)4-16(8-34-25)24(32)17-5-23(21(29)6-22(17)31)37-11-18-19(27)9-33-10-20(18)28/h4-6,8-10,14,32,35H,11-13,31H2,1-3H3. The lowest BCUT2D eigenvalue weighted by Crippen LogP contribution is -2.69. The molecule has 37 heavy (non-hydrogen) atoms. The summed E-state index contributed by atoms with van der Waals surface area (Å²) in [7, 11) is 0. The Hall–Kier alpha value is -3.45. The Morgan fingerprint density at radius 3 is 2.57 bits per heavy atom.